The van der Waals surface area contributed by atoms with Crippen LogP contribution in [0.5, 0.6) is 0 Å². The van der Waals surface area contributed by atoms with Crippen LogP contribution >= 0.6 is 0 Å². The number of nitro benzene ring substituents is 1. The number of carbonyl (C=O) groups excluding carboxylic acids is 2. The van der Waals surface area contributed by atoms with E-state index in [0.29, 0.717) is 18.2 Å². The Morgan fingerprint density at radius 2 is 1.89 bits per heavy atom. The number of nitrogens with one attached hydrogen (secondary N) is 1. The van der Waals surface area contributed by atoms with Crippen molar-refractivity contribution < 1.29 is 76.7 Å². The first-order valence-electron chi connectivity index (χ1n) is 9.37. The van der Waals surface area contributed by atoms with Crippen molar-refractivity contribution in [1.29, 1.82) is 0 Å². The maximum atomic E-state index is 12.2. The van der Waals surface area contributed by atoms with Gasteiger partial charge in [0.25, 0.3) is 11.6 Å². The average Bonchev–Trinajstić information content (AvgIpc) is 3.05. The SMILES string of the molecule is Nc1ccn([C@@H]2O[C@H](COS(=O)(=O)NC(=O)c3cc(C(=O)[O-])cc([N+](=O)[O-])c3)[C@@H](O)[C@H]2O)c(=O)n1.[Na+]. The van der Waals surface area contributed by atoms with Gasteiger partial charge in [0.2, 0.25) is 0 Å². The van der Waals surface area contributed by atoms with Crippen molar-refractivity contribution in [2.45, 2.75) is 24.5 Å². The van der Waals surface area contributed by atoms with Crippen LogP contribution in [0.2, 0.25) is 0 Å². The van der Waals surface area contributed by atoms with Crippen molar-refractivity contribution >= 4 is 33.7 Å². The Balaban J connectivity index is 0.00000456. The first-order valence-corrected chi connectivity index (χ1v) is 10.8. The fourth-order valence-corrected chi connectivity index (χ4v) is 3.76. The fourth-order valence-electron chi connectivity index (χ4n) is 3.04. The summed E-state index contributed by atoms with van der Waals surface area (Å²) in [5.74, 6) is -3.43. The standard InChI is InChI=1S/C17H17N5O12S.Na/c18-11-1-2-21(17(28)19-11)15-13(24)12(23)10(34-15)6-33-35(31,32)20-14(25)7-3-8(16(26)27)5-9(4-7)22(29)30;/h1-5,10,12-13,15,23-24H,6H2,(H,20,25)(H,26,27)(H2,18,19,28);/q;+1/p-1/t10-,12-,13-,15-;/m1./s1. The van der Waals surface area contributed by atoms with Crippen LogP contribution in [0.1, 0.15) is 26.9 Å². The van der Waals surface area contributed by atoms with E-state index >= 15 is 0 Å². The number of carbonyl (C=O) groups is 2. The Morgan fingerprint density at radius 3 is 2.47 bits per heavy atom. The largest absolute Gasteiger partial charge is 1.00 e. The number of amides is 1. The summed E-state index contributed by atoms with van der Waals surface area (Å²) in [4.78, 5) is 48.6. The summed E-state index contributed by atoms with van der Waals surface area (Å²) in [7, 11) is -4.92. The predicted octanol–water partition coefficient (Wildman–Crippen LogP) is -6.59. The Morgan fingerprint density at radius 1 is 1.25 bits per heavy atom. The minimum absolute atomic E-state index is 0. The molecule has 1 aromatic heterocycles. The number of aliphatic hydroxyl groups excluding tert-OH is 2. The molecule has 3 rings (SSSR count). The molecule has 188 valence electrons. The molecule has 2 aromatic rings. The molecule has 1 fully saturated rings. The molecule has 1 amide bonds. The van der Waals surface area contributed by atoms with E-state index in [1.165, 1.54) is 10.8 Å². The number of nitrogens with zero attached hydrogens (tertiary/aromatic N) is 3. The number of ether oxygens (including phenoxy) is 1. The number of rotatable bonds is 8. The van der Waals surface area contributed by atoms with Crippen LogP contribution in [0.15, 0.2) is 35.3 Å². The summed E-state index contributed by atoms with van der Waals surface area (Å²) in [6.45, 7) is -0.937. The minimum atomic E-state index is -4.92. The van der Waals surface area contributed by atoms with Gasteiger partial charge in [-0.2, -0.15) is 13.4 Å². The van der Waals surface area contributed by atoms with E-state index in [9.17, 15) is 48.2 Å². The third-order valence-electron chi connectivity index (χ3n) is 4.69. The zero-order valence-electron chi connectivity index (χ0n) is 18.2. The number of nitrogen functional groups attached to an aromatic ring is 1. The number of non-ortho nitro benzene ring substituents is 1. The van der Waals surface area contributed by atoms with Gasteiger partial charge in [-0.3, -0.25) is 23.7 Å². The molecule has 19 heteroatoms. The van der Waals surface area contributed by atoms with E-state index in [-0.39, 0.29) is 35.4 Å². The molecule has 0 unspecified atom stereocenters. The van der Waals surface area contributed by atoms with Gasteiger partial charge in [0.05, 0.1) is 17.5 Å². The maximum absolute atomic E-state index is 12.2. The molecule has 0 radical (unpaired) electrons. The molecule has 0 aliphatic carbocycles. The molecular weight excluding hydrogens is 521 g/mol. The number of hydrogen-bond acceptors (Lipinski definition) is 14. The fraction of sp³-hybridized carbons (Fsp3) is 0.294. The van der Waals surface area contributed by atoms with E-state index in [4.69, 9.17) is 10.5 Å². The Hall–Kier alpha value is -2.97. The van der Waals surface area contributed by atoms with Crippen LogP contribution in [-0.4, -0.2) is 69.9 Å². The number of nitro groups is 1. The van der Waals surface area contributed by atoms with Crippen molar-refractivity contribution in [2.24, 2.45) is 0 Å². The van der Waals surface area contributed by atoms with Gasteiger partial charge >= 0.3 is 45.6 Å². The Labute approximate surface area is 223 Å². The number of carboxylic acids is 1. The van der Waals surface area contributed by atoms with Crippen molar-refractivity contribution in [3.63, 3.8) is 0 Å². The Kier molecular flexibility index (Phi) is 9.26. The molecule has 4 atom stereocenters. The van der Waals surface area contributed by atoms with Gasteiger partial charge in [-0.25, -0.2) is 9.52 Å². The van der Waals surface area contributed by atoms with Crippen molar-refractivity contribution in [3.05, 3.63) is 62.2 Å². The molecule has 1 saturated heterocycles. The van der Waals surface area contributed by atoms with Gasteiger partial charge < -0.3 is 30.6 Å². The van der Waals surface area contributed by atoms with E-state index in [0.717, 1.165) is 10.8 Å². The summed E-state index contributed by atoms with van der Waals surface area (Å²) in [6, 6.07) is 3.10. The number of carboxylic acid groups (broad SMARTS) is 1. The minimum Gasteiger partial charge on any atom is -0.545 e. The number of nitrogens with two attached hydrogens (primary N) is 1. The third-order valence-corrected chi connectivity index (χ3v) is 5.58. The van der Waals surface area contributed by atoms with E-state index < -0.39 is 80.8 Å². The maximum Gasteiger partial charge on any atom is 1.00 e. The first kappa shape index (κ1) is 29.3. The number of benzene rings is 1. The van der Waals surface area contributed by atoms with Crippen LogP contribution in [0.25, 0.3) is 0 Å². The van der Waals surface area contributed by atoms with E-state index in [1.54, 1.807) is 0 Å². The van der Waals surface area contributed by atoms with E-state index in [2.05, 4.69) is 9.17 Å². The molecule has 17 nitrogen and oxygen atoms in total. The predicted molar refractivity (Wildman–Crippen MR) is 109 cm³/mol. The van der Waals surface area contributed by atoms with Crippen LogP contribution in [0, 0.1) is 10.1 Å². The molecule has 5 N–H and O–H groups in total. The molecule has 1 aliphatic heterocycles. The number of anilines is 1. The van der Waals surface area contributed by atoms with Crippen molar-refractivity contribution in [2.75, 3.05) is 12.3 Å². The summed E-state index contributed by atoms with van der Waals surface area (Å²) >= 11 is 0. The second-order valence-electron chi connectivity index (χ2n) is 7.07. The molecule has 36 heavy (non-hydrogen) atoms. The number of aromatic carboxylic acids is 1. The first-order chi connectivity index (χ1) is 16.3. The zero-order chi connectivity index (χ0) is 26.1. The van der Waals surface area contributed by atoms with Gasteiger partial charge in [-0.1, -0.05) is 0 Å². The molecule has 1 aliphatic rings. The van der Waals surface area contributed by atoms with Gasteiger partial charge in [-0.15, -0.1) is 0 Å². The Bertz CT molecular complexity index is 1320. The smallest absolute Gasteiger partial charge is 0.545 e. The summed E-state index contributed by atoms with van der Waals surface area (Å²) in [6.07, 6.45) is -5.25. The third kappa shape index (κ3) is 6.62. The summed E-state index contributed by atoms with van der Waals surface area (Å²) < 4.78 is 36.4. The molecular formula is C17H16N5NaO12S. The summed E-state index contributed by atoms with van der Waals surface area (Å²) in [5, 5.41) is 42.2. The molecule has 0 bridgehead atoms. The number of aromatic nitrogens is 2. The van der Waals surface area contributed by atoms with Crippen LogP contribution in [0.4, 0.5) is 11.5 Å². The van der Waals surface area contributed by atoms with Crippen LogP contribution in [0.3, 0.4) is 0 Å². The van der Waals surface area contributed by atoms with Crippen molar-refractivity contribution in [3.8, 4) is 0 Å². The van der Waals surface area contributed by atoms with Gasteiger partial charge in [0.1, 0.15) is 24.1 Å². The van der Waals surface area contributed by atoms with Gasteiger partial charge in [0, 0.05) is 29.5 Å². The molecule has 0 spiro atoms. The molecule has 2 heterocycles. The van der Waals surface area contributed by atoms with Crippen LogP contribution < -0.4 is 50.8 Å². The second kappa shape index (κ2) is 11.4. The second-order valence-corrected chi connectivity index (χ2v) is 8.42. The zero-order valence-corrected chi connectivity index (χ0v) is 21.0. The topological polar surface area (TPSA) is 266 Å². The monoisotopic (exact) mass is 537 g/mol. The quantitative estimate of drug-likeness (QED) is 0.139. The molecule has 0 saturated carbocycles. The normalized spacial score (nSPS) is 21.4. The average molecular weight is 537 g/mol. The van der Waals surface area contributed by atoms with Crippen LogP contribution in [-0.2, 0) is 19.2 Å². The molecule has 1 aromatic carbocycles. The van der Waals surface area contributed by atoms with Crippen molar-refractivity contribution in [1.82, 2.24) is 14.3 Å². The number of aliphatic hydroxyl groups is 2. The van der Waals surface area contributed by atoms with E-state index in [1.807, 2.05) is 0 Å². The number of hydrogen-bond donors (Lipinski definition) is 4. The van der Waals surface area contributed by atoms with Gasteiger partial charge in [0.15, 0.2) is 6.23 Å². The van der Waals surface area contributed by atoms with Gasteiger partial charge in [-0.05, 0) is 12.1 Å². The summed E-state index contributed by atoms with van der Waals surface area (Å²) in [5.41, 5.74) is 2.19.